The highest BCUT2D eigenvalue weighted by atomic mass is 16.5. The Kier molecular flexibility index (Phi) is 4.91. The highest BCUT2D eigenvalue weighted by Crippen LogP contribution is 2.27. The number of carbonyl (C=O) groups excluding carboxylic acids is 1. The monoisotopic (exact) mass is 380 g/mol. The minimum Gasteiger partial charge on any atom is -0.464 e. The number of rotatable bonds is 4. The average molecular weight is 380 g/mol. The second-order valence-electron chi connectivity index (χ2n) is 7.79. The number of aliphatic hydroxyl groups is 1. The van der Waals surface area contributed by atoms with Crippen molar-refractivity contribution in [1.82, 2.24) is 10.3 Å². The van der Waals surface area contributed by atoms with Gasteiger partial charge in [-0.25, -0.2) is 0 Å². The molecule has 1 amide bonds. The van der Waals surface area contributed by atoms with Crippen LogP contribution in [0.15, 0.2) is 53.3 Å². The van der Waals surface area contributed by atoms with E-state index in [-0.39, 0.29) is 18.1 Å². The van der Waals surface area contributed by atoms with Gasteiger partial charge >= 0.3 is 0 Å². The van der Waals surface area contributed by atoms with E-state index < -0.39 is 5.60 Å². The molecular weight excluding hydrogens is 356 g/mol. The van der Waals surface area contributed by atoms with Gasteiger partial charge in [0.25, 0.3) is 5.91 Å². The minimum atomic E-state index is -0.864. The van der Waals surface area contributed by atoms with Gasteiger partial charge in [-0.05, 0) is 51.0 Å². The molecule has 146 valence electrons. The van der Waals surface area contributed by atoms with Gasteiger partial charge in [0.1, 0.15) is 5.58 Å². The first-order valence-corrected chi connectivity index (χ1v) is 9.49. The number of ether oxygens (including phenoxy) is 1. The maximum atomic E-state index is 12.6. The molecule has 28 heavy (non-hydrogen) atoms. The van der Waals surface area contributed by atoms with Crippen LogP contribution in [-0.2, 0) is 4.74 Å². The highest BCUT2D eigenvalue weighted by molar-refractivity contribution is 5.96. The molecule has 0 spiro atoms. The van der Waals surface area contributed by atoms with Crippen molar-refractivity contribution >= 4 is 16.9 Å². The van der Waals surface area contributed by atoms with Gasteiger partial charge < -0.3 is 19.6 Å². The fourth-order valence-corrected chi connectivity index (χ4v) is 3.60. The van der Waals surface area contributed by atoms with Crippen molar-refractivity contribution in [3.63, 3.8) is 0 Å². The molecule has 1 aliphatic heterocycles. The van der Waals surface area contributed by atoms with Gasteiger partial charge in [0.05, 0.1) is 36.3 Å². The third-order valence-electron chi connectivity index (χ3n) is 5.20. The Morgan fingerprint density at radius 1 is 1.18 bits per heavy atom. The Balaban J connectivity index is 1.42. The summed E-state index contributed by atoms with van der Waals surface area (Å²) in [5.74, 6) is -0.128. The van der Waals surface area contributed by atoms with E-state index in [2.05, 4.69) is 10.3 Å². The standard InChI is InChI=1S/C22H24N2O4/c1-22(2,26)19-8-7-16(13-28-19)24-21(25)15-5-3-14(4-6-15)20-17-10-12-27-18(17)9-11-23-20/h3-6,9-12,16,19,26H,7-8,13H2,1-2H3,(H,24,25)/t16-,19+/m1/s1. The molecule has 6 heteroatoms. The summed E-state index contributed by atoms with van der Waals surface area (Å²) in [6.07, 6.45) is 4.66. The molecule has 2 aromatic heterocycles. The SMILES string of the molecule is CC(C)(O)[C@@H]1CC[C@@H](NC(=O)c2ccc(-c3nccc4occc34)cc2)CO1. The predicted octanol–water partition coefficient (Wildman–Crippen LogP) is 3.54. The number of furan rings is 1. The van der Waals surface area contributed by atoms with Crippen LogP contribution in [0, 0.1) is 0 Å². The first kappa shape index (κ1) is 18.7. The fraction of sp³-hybridized carbons (Fsp3) is 0.364. The van der Waals surface area contributed by atoms with Crippen LogP contribution in [0.5, 0.6) is 0 Å². The molecule has 0 radical (unpaired) electrons. The predicted molar refractivity (Wildman–Crippen MR) is 106 cm³/mol. The van der Waals surface area contributed by atoms with Crippen LogP contribution in [0.3, 0.4) is 0 Å². The maximum absolute atomic E-state index is 12.6. The zero-order valence-corrected chi connectivity index (χ0v) is 16.0. The van der Waals surface area contributed by atoms with E-state index in [1.165, 1.54) is 0 Å². The fourth-order valence-electron chi connectivity index (χ4n) is 3.60. The molecule has 3 aromatic rings. The van der Waals surface area contributed by atoms with Gasteiger partial charge in [-0.2, -0.15) is 0 Å². The van der Waals surface area contributed by atoms with Crippen LogP contribution in [0.25, 0.3) is 22.2 Å². The van der Waals surface area contributed by atoms with Gasteiger partial charge in [-0.15, -0.1) is 0 Å². The van der Waals surface area contributed by atoms with E-state index in [0.29, 0.717) is 18.6 Å². The van der Waals surface area contributed by atoms with Gasteiger partial charge in [0.15, 0.2) is 0 Å². The van der Waals surface area contributed by atoms with Crippen LogP contribution >= 0.6 is 0 Å². The summed E-state index contributed by atoms with van der Waals surface area (Å²) in [6, 6.07) is 11.1. The second kappa shape index (κ2) is 7.37. The maximum Gasteiger partial charge on any atom is 0.251 e. The third kappa shape index (κ3) is 3.79. The van der Waals surface area contributed by atoms with Crippen LogP contribution in [0.1, 0.15) is 37.0 Å². The molecule has 2 N–H and O–H groups in total. The summed E-state index contributed by atoms with van der Waals surface area (Å²) in [6.45, 7) is 3.90. The van der Waals surface area contributed by atoms with Crippen molar-refractivity contribution in [2.75, 3.05) is 6.61 Å². The molecule has 4 rings (SSSR count). The first-order valence-electron chi connectivity index (χ1n) is 9.49. The molecular formula is C22H24N2O4. The summed E-state index contributed by atoms with van der Waals surface area (Å²) in [4.78, 5) is 17.0. The van der Waals surface area contributed by atoms with Crippen molar-refractivity contribution in [3.05, 3.63) is 54.4 Å². The van der Waals surface area contributed by atoms with Gasteiger partial charge in [-0.3, -0.25) is 9.78 Å². The van der Waals surface area contributed by atoms with E-state index in [9.17, 15) is 9.90 Å². The summed E-state index contributed by atoms with van der Waals surface area (Å²) in [5.41, 5.74) is 2.27. The Morgan fingerprint density at radius 2 is 1.96 bits per heavy atom. The number of fused-ring (bicyclic) bond motifs is 1. The molecule has 1 aliphatic rings. The van der Waals surface area contributed by atoms with E-state index >= 15 is 0 Å². The Bertz CT molecular complexity index is 964. The lowest BCUT2D eigenvalue weighted by Gasteiger charge is -2.36. The molecule has 0 bridgehead atoms. The molecule has 3 heterocycles. The van der Waals surface area contributed by atoms with Crippen LogP contribution < -0.4 is 5.32 Å². The topological polar surface area (TPSA) is 84.6 Å². The van der Waals surface area contributed by atoms with Crippen molar-refractivity contribution in [2.24, 2.45) is 0 Å². The molecule has 0 saturated carbocycles. The summed E-state index contributed by atoms with van der Waals surface area (Å²) < 4.78 is 11.1. The molecule has 6 nitrogen and oxygen atoms in total. The number of amides is 1. The number of aromatic nitrogens is 1. The summed E-state index contributed by atoms with van der Waals surface area (Å²) in [5, 5.41) is 14.0. The Labute approximate surface area is 163 Å². The molecule has 0 unspecified atom stereocenters. The molecule has 0 aliphatic carbocycles. The lowest BCUT2D eigenvalue weighted by Crippen LogP contribution is -2.48. The summed E-state index contributed by atoms with van der Waals surface area (Å²) in [7, 11) is 0. The first-order chi connectivity index (χ1) is 13.4. The van der Waals surface area contributed by atoms with Crippen molar-refractivity contribution in [3.8, 4) is 11.3 Å². The van der Waals surface area contributed by atoms with Crippen molar-refractivity contribution < 1.29 is 19.1 Å². The van der Waals surface area contributed by atoms with Crippen LogP contribution in [-0.4, -0.2) is 40.4 Å². The van der Waals surface area contributed by atoms with Crippen LogP contribution in [0.4, 0.5) is 0 Å². The summed E-state index contributed by atoms with van der Waals surface area (Å²) >= 11 is 0. The highest BCUT2D eigenvalue weighted by Gasteiger charge is 2.32. The number of benzene rings is 1. The van der Waals surface area contributed by atoms with E-state index in [0.717, 1.165) is 28.6 Å². The largest absolute Gasteiger partial charge is 0.464 e. The number of nitrogens with zero attached hydrogens (tertiary/aromatic N) is 1. The molecule has 1 aromatic carbocycles. The Hall–Kier alpha value is -2.70. The second-order valence-corrected chi connectivity index (χ2v) is 7.79. The molecule has 1 fully saturated rings. The Morgan fingerprint density at radius 3 is 2.64 bits per heavy atom. The van der Waals surface area contributed by atoms with Crippen molar-refractivity contribution in [2.45, 2.75) is 44.4 Å². The average Bonchev–Trinajstić information content (AvgIpc) is 3.17. The normalized spacial score (nSPS) is 20.2. The minimum absolute atomic E-state index is 0.0490. The van der Waals surface area contributed by atoms with E-state index in [1.54, 1.807) is 38.4 Å². The quantitative estimate of drug-likeness (QED) is 0.723. The van der Waals surface area contributed by atoms with E-state index in [1.807, 2.05) is 24.3 Å². The lowest BCUT2D eigenvalue weighted by molar-refractivity contribution is -0.114. The van der Waals surface area contributed by atoms with Gasteiger partial charge in [0, 0.05) is 22.7 Å². The number of hydrogen-bond acceptors (Lipinski definition) is 5. The molecule has 1 saturated heterocycles. The third-order valence-corrected chi connectivity index (χ3v) is 5.20. The smallest absolute Gasteiger partial charge is 0.251 e. The van der Waals surface area contributed by atoms with Crippen LogP contribution in [0.2, 0.25) is 0 Å². The number of carbonyl (C=O) groups is 1. The molecule has 2 atom stereocenters. The number of nitrogens with one attached hydrogen (secondary N) is 1. The zero-order valence-electron chi connectivity index (χ0n) is 16.0. The van der Waals surface area contributed by atoms with Crippen molar-refractivity contribution in [1.29, 1.82) is 0 Å². The van der Waals surface area contributed by atoms with Gasteiger partial charge in [-0.1, -0.05) is 12.1 Å². The lowest BCUT2D eigenvalue weighted by atomic mass is 9.93. The zero-order chi connectivity index (χ0) is 19.7. The number of hydrogen-bond donors (Lipinski definition) is 2. The van der Waals surface area contributed by atoms with E-state index in [4.69, 9.17) is 9.15 Å². The van der Waals surface area contributed by atoms with Gasteiger partial charge in [0.2, 0.25) is 0 Å². The number of pyridine rings is 1.